The number of hydrogen-bond acceptors (Lipinski definition) is 2. The van der Waals surface area contributed by atoms with Gasteiger partial charge in [0.25, 0.3) is 0 Å². The molecule has 1 aromatic carbocycles. The lowest BCUT2D eigenvalue weighted by atomic mass is 9.95. The van der Waals surface area contributed by atoms with Gasteiger partial charge in [-0.2, -0.15) is 5.10 Å². The molecule has 1 atom stereocenters. The van der Waals surface area contributed by atoms with Gasteiger partial charge >= 0.3 is 0 Å². The Morgan fingerprint density at radius 2 is 1.89 bits per heavy atom. The van der Waals surface area contributed by atoms with Gasteiger partial charge in [0, 0.05) is 24.5 Å². The fourth-order valence-electron chi connectivity index (χ4n) is 2.62. The molecule has 3 nitrogen and oxygen atoms in total. The molecule has 96 valence electrons. The first-order chi connectivity index (χ1) is 8.58. The smallest absolute Gasteiger partial charge is 0.0490 e. The van der Waals surface area contributed by atoms with Crippen molar-refractivity contribution in [2.24, 2.45) is 0 Å². The van der Waals surface area contributed by atoms with Gasteiger partial charge in [0.05, 0.1) is 0 Å². The third-order valence-electron chi connectivity index (χ3n) is 3.33. The Balaban J connectivity index is 2.11. The monoisotopic (exact) mass is 243 g/mol. The van der Waals surface area contributed by atoms with E-state index in [1.165, 1.54) is 22.3 Å². The lowest BCUT2D eigenvalue weighted by molar-refractivity contribution is 0.562. The summed E-state index contributed by atoms with van der Waals surface area (Å²) in [5.74, 6) is 0. The fraction of sp³-hybridized carbons (Fsp3) is 0.400. The molecule has 2 aromatic rings. The largest absolute Gasteiger partial charge is 0.305 e. The van der Waals surface area contributed by atoms with Crippen molar-refractivity contribution in [1.82, 2.24) is 15.5 Å². The molecule has 0 spiro atoms. The van der Waals surface area contributed by atoms with Gasteiger partial charge in [-0.25, -0.2) is 0 Å². The Kier molecular flexibility index (Phi) is 3.82. The molecule has 0 fully saturated rings. The van der Waals surface area contributed by atoms with Crippen molar-refractivity contribution in [3.63, 3.8) is 0 Å². The molecule has 3 heteroatoms. The summed E-state index contributed by atoms with van der Waals surface area (Å²) in [6.07, 6.45) is 1.78. The van der Waals surface area contributed by atoms with Gasteiger partial charge in [-0.3, -0.25) is 5.10 Å². The van der Waals surface area contributed by atoms with Crippen molar-refractivity contribution >= 4 is 0 Å². The van der Waals surface area contributed by atoms with Crippen molar-refractivity contribution in [2.75, 3.05) is 0 Å². The normalized spacial score (nSPS) is 12.7. The maximum absolute atomic E-state index is 3.95. The van der Waals surface area contributed by atoms with Gasteiger partial charge in [0.1, 0.15) is 0 Å². The molecular formula is C15H21N3. The molecule has 1 aromatic heterocycles. The van der Waals surface area contributed by atoms with Gasteiger partial charge in [0.2, 0.25) is 0 Å². The minimum Gasteiger partial charge on any atom is -0.305 e. The second-order valence-electron chi connectivity index (χ2n) is 5.00. The zero-order chi connectivity index (χ0) is 13.1. The molecule has 18 heavy (non-hydrogen) atoms. The van der Waals surface area contributed by atoms with Crippen LogP contribution in [0.1, 0.15) is 40.9 Å². The Morgan fingerprint density at radius 3 is 2.44 bits per heavy atom. The number of H-pyrrole nitrogens is 1. The summed E-state index contributed by atoms with van der Waals surface area (Å²) in [7, 11) is 0. The van der Waals surface area contributed by atoms with Crippen LogP contribution < -0.4 is 5.32 Å². The van der Waals surface area contributed by atoms with E-state index in [0.717, 1.165) is 12.2 Å². The van der Waals surface area contributed by atoms with E-state index in [1.54, 1.807) is 6.20 Å². The lowest BCUT2D eigenvalue weighted by Gasteiger charge is -2.19. The molecule has 2 N–H and O–H groups in total. The molecule has 2 rings (SSSR count). The average molecular weight is 243 g/mol. The van der Waals surface area contributed by atoms with Crippen LogP contribution in [0.15, 0.2) is 24.4 Å². The number of nitrogens with zero attached hydrogens (tertiary/aromatic N) is 1. The van der Waals surface area contributed by atoms with Crippen molar-refractivity contribution in [3.05, 3.63) is 52.3 Å². The topological polar surface area (TPSA) is 40.7 Å². The summed E-state index contributed by atoms with van der Waals surface area (Å²) < 4.78 is 0. The van der Waals surface area contributed by atoms with Crippen molar-refractivity contribution in [3.8, 4) is 0 Å². The maximum atomic E-state index is 3.95. The quantitative estimate of drug-likeness (QED) is 0.866. The van der Waals surface area contributed by atoms with Crippen LogP contribution in [0, 0.1) is 20.8 Å². The van der Waals surface area contributed by atoms with Crippen LogP contribution in [-0.2, 0) is 6.54 Å². The Hall–Kier alpha value is -1.61. The van der Waals surface area contributed by atoms with E-state index in [2.05, 4.69) is 55.3 Å². The van der Waals surface area contributed by atoms with Gasteiger partial charge in [0.15, 0.2) is 0 Å². The highest BCUT2D eigenvalue weighted by atomic mass is 15.1. The zero-order valence-corrected chi connectivity index (χ0v) is 11.5. The number of aromatic amines is 1. The molecule has 0 aliphatic rings. The average Bonchev–Trinajstić information content (AvgIpc) is 2.77. The predicted molar refractivity (Wildman–Crippen MR) is 74.5 cm³/mol. The first kappa shape index (κ1) is 12.8. The number of aromatic nitrogens is 2. The first-order valence-corrected chi connectivity index (χ1v) is 6.37. The number of hydrogen-bond donors (Lipinski definition) is 2. The third-order valence-corrected chi connectivity index (χ3v) is 3.33. The fourth-order valence-corrected chi connectivity index (χ4v) is 2.62. The van der Waals surface area contributed by atoms with Crippen LogP contribution in [-0.4, -0.2) is 10.2 Å². The molecule has 0 bridgehead atoms. The van der Waals surface area contributed by atoms with E-state index in [9.17, 15) is 0 Å². The molecule has 1 unspecified atom stereocenters. The van der Waals surface area contributed by atoms with E-state index in [1.807, 2.05) is 6.07 Å². The molecule has 0 amide bonds. The van der Waals surface area contributed by atoms with E-state index in [4.69, 9.17) is 0 Å². The van der Waals surface area contributed by atoms with Gasteiger partial charge < -0.3 is 5.32 Å². The number of aryl methyl sites for hydroxylation is 3. The summed E-state index contributed by atoms with van der Waals surface area (Å²) in [6, 6.07) is 6.83. The van der Waals surface area contributed by atoms with Crippen LogP contribution in [0.3, 0.4) is 0 Å². The molecule has 0 radical (unpaired) electrons. The van der Waals surface area contributed by atoms with Gasteiger partial charge in [-0.15, -0.1) is 0 Å². The minimum atomic E-state index is 0.342. The van der Waals surface area contributed by atoms with E-state index in [0.29, 0.717) is 6.04 Å². The maximum Gasteiger partial charge on any atom is 0.0490 e. The second kappa shape index (κ2) is 5.36. The molecule has 0 saturated carbocycles. The predicted octanol–water partition coefficient (Wildman–Crippen LogP) is 3.19. The lowest BCUT2D eigenvalue weighted by Crippen LogP contribution is -2.20. The summed E-state index contributed by atoms with van der Waals surface area (Å²) in [6.45, 7) is 9.54. The highest BCUT2D eigenvalue weighted by Gasteiger charge is 2.11. The Bertz CT molecular complexity index is 492. The zero-order valence-electron chi connectivity index (χ0n) is 11.5. The van der Waals surface area contributed by atoms with Crippen LogP contribution >= 0.6 is 0 Å². The van der Waals surface area contributed by atoms with Gasteiger partial charge in [-0.05, 0) is 50.5 Å². The van der Waals surface area contributed by atoms with E-state index >= 15 is 0 Å². The van der Waals surface area contributed by atoms with Gasteiger partial charge in [-0.1, -0.05) is 17.7 Å². The minimum absolute atomic E-state index is 0.342. The number of rotatable bonds is 4. The molecule has 0 saturated heterocycles. The summed E-state index contributed by atoms with van der Waals surface area (Å²) in [4.78, 5) is 0. The molecular weight excluding hydrogens is 222 g/mol. The second-order valence-corrected chi connectivity index (χ2v) is 5.00. The summed E-state index contributed by atoms with van der Waals surface area (Å²) in [5.41, 5.74) is 6.56. The van der Waals surface area contributed by atoms with Crippen molar-refractivity contribution in [2.45, 2.75) is 40.3 Å². The first-order valence-electron chi connectivity index (χ1n) is 6.37. The summed E-state index contributed by atoms with van der Waals surface area (Å²) >= 11 is 0. The molecule has 0 aliphatic carbocycles. The van der Waals surface area contributed by atoms with Crippen LogP contribution in [0.2, 0.25) is 0 Å². The van der Waals surface area contributed by atoms with E-state index in [-0.39, 0.29) is 0 Å². The summed E-state index contributed by atoms with van der Waals surface area (Å²) in [5, 5.41) is 10.5. The highest BCUT2D eigenvalue weighted by molar-refractivity contribution is 5.39. The Labute approximate surface area is 109 Å². The van der Waals surface area contributed by atoms with Crippen molar-refractivity contribution < 1.29 is 0 Å². The number of nitrogens with one attached hydrogen (secondary N) is 2. The van der Waals surface area contributed by atoms with Crippen LogP contribution in [0.5, 0.6) is 0 Å². The third kappa shape index (κ3) is 2.79. The van der Waals surface area contributed by atoms with Crippen LogP contribution in [0.4, 0.5) is 0 Å². The number of benzene rings is 1. The Morgan fingerprint density at radius 1 is 1.22 bits per heavy atom. The molecule has 1 heterocycles. The van der Waals surface area contributed by atoms with Crippen LogP contribution in [0.25, 0.3) is 0 Å². The van der Waals surface area contributed by atoms with E-state index < -0.39 is 0 Å². The SMILES string of the molecule is Cc1cc(C)c(C(C)NCc2ccn[nH]2)c(C)c1. The highest BCUT2D eigenvalue weighted by Crippen LogP contribution is 2.23. The molecule has 0 aliphatic heterocycles. The standard InChI is InChI=1S/C15H21N3/c1-10-7-11(2)15(12(3)8-10)13(4)16-9-14-5-6-17-18-14/h5-8,13,16H,9H2,1-4H3,(H,17,18). The van der Waals surface area contributed by atoms with Crippen molar-refractivity contribution in [1.29, 1.82) is 0 Å².